The number of aliphatic hydroxyl groups is 1. The van der Waals surface area contributed by atoms with E-state index in [-0.39, 0.29) is 35.7 Å². The number of nitrogens with one attached hydrogen (secondary N) is 1. The van der Waals surface area contributed by atoms with Crippen LogP contribution in [0.2, 0.25) is 0 Å². The number of carbonyl (C=O) groups is 2. The Hall–Kier alpha value is -3.66. The summed E-state index contributed by atoms with van der Waals surface area (Å²) in [6.45, 7) is 3.82. The van der Waals surface area contributed by atoms with Gasteiger partial charge >= 0.3 is 0 Å². The molecule has 2 bridgehead atoms. The molecular weight excluding hydrogens is 436 g/mol. The van der Waals surface area contributed by atoms with Crippen molar-refractivity contribution in [2.24, 2.45) is 11.1 Å². The third kappa shape index (κ3) is 3.54. The molecule has 2 heterocycles. The normalized spacial score (nSPS) is 23.6. The fourth-order valence-corrected chi connectivity index (χ4v) is 5.60. The van der Waals surface area contributed by atoms with E-state index < -0.39 is 11.9 Å². The quantitative estimate of drug-likeness (QED) is 0.398. The molecule has 6 N–H and O–H groups in total. The molecule has 6 rings (SSSR count). The van der Waals surface area contributed by atoms with Gasteiger partial charge in [0.25, 0.3) is 5.91 Å². The number of primary amides is 1. The Morgan fingerprint density at radius 2 is 1.94 bits per heavy atom. The first-order valence-corrected chi connectivity index (χ1v) is 11.3. The predicted octanol–water partition coefficient (Wildman–Crippen LogP) is 2.40. The first-order chi connectivity index (χ1) is 16.1. The standard InChI is InChI=1S/C24H28N6O4/c1-13(9-31)30-21(25)19(22(26)33)20(28-30)15-5-3-14(4-6-15)7-17(32)27-18-8-16(29-34-18)24-10-23(2,11-24)12-24/h3-6,8,13,31H,7,9-12,25H2,1-2H3,(H2,26,33)(H,27,32). The largest absolute Gasteiger partial charge is 0.394 e. The van der Waals surface area contributed by atoms with Crippen LogP contribution in [0.1, 0.15) is 60.8 Å². The Morgan fingerprint density at radius 3 is 2.53 bits per heavy atom. The molecule has 1 atom stereocenters. The summed E-state index contributed by atoms with van der Waals surface area (Å²) in [5.74, 6) is -0.460. The number of hydrogen-bond donors (Lipinski definition) is 4. The minimum Gasteiger partial charge on any atom is -0.394 e. The van der Waals surface area contributed by atoms with E-state index in [9.17, 15) is 14.7 Å². The minimum atomic E-state index is -0.702. The maximum Gasteiger partial charge on any atom is 0.254 e. The molecule has 3 saturated carbocycles. The van der Waals surface area contributed by atoms with Crippen molar-refractivity contribution < 1.29 is 19.2 Å². The molecule has 10 nitrogen and oxygen atoms in total. The number of rotatable bonds is 8. The number of amides is 2. The smallest absolute Gasteiger partial charge is 0.254 e. The lowest BCUT2D eigenvalue weighted by Gasteiger charge is -2.68. The molecule has 0 saturated heterocycles. The molecule has 3 aliphatic rings. The van der Waals surface area contributed by atoms with Crippen LogP contribution in [-0.4, -0.2) is 38.5 Å². The number of aromatic nitrogens is 3. The number of aliphatic hydroxyl groups excluding tert-OH is 1. The summed E-state index contributed by atoms with van der Waals surface area (Å²) in [6, 6.07) is 8.47. The second-order valence-corrected chi connectivity index (χ2v) is 10.1. The van der Waals surface area contributed by atoms with Gasteiger partial charge in [0, 0.05) is 17.0 Å². The third-order valence-corrected chi connectivity index (χ3v) is 7.08. The molecule has 0 radical (unpaired) electrons. The van der Waals surface area contributed by atoms with Gasteiger partial charge in [-0.3, -0.25) is 14.9 Å². The van der Waals surface area contributed by atoms with Gasteiger partial charge in [-0.25, -0.2) is 4.68 Å². The van der Waals surface area contributed by atoms with Crippen LogP contribution < -0.4 is 16.8 Å². The van der Waals surface area contributed by atoms with E-state index >= 15 is 0 Å². The molecule has 1 unspecified atom stereocenters. The van der Waals surface area contributed by atoms with Gasteiger partial charge in [-0.2, -0.15) is 5.10 Å². The van der Waals surface area contributed by atoms with Gasteiger partial charge in [-0.1, -0.05) is 36.3 Å². The Morgan fingerprint density at radius 1 is 1.26 bits per heavy atom. The third-order valence-electron chi connectivity index (χ3n) is 7.08. The monoisotopic (exact) mass is 464 g/mol. The zero-order chi connectivity index (χ0) is 24.3. The number of nitrogen functional groups attached to an aromatic ring is 1. The fraction of sp³-hybridized carbons (Fsp3) is 0.417. The highest BCUT2D eigenvalue weighted by molar-refractivity contribution is 6.03. The van der Waals surface area contributed by atoms with E-state index in [1.165, 1.54) is 4.68 Å². The lowest BCUT2D eigenvalue weighted by molar-refractivity contribution is -0.129. The number of benzene rings is 1. The highest BCUT2D eigenvalue weighted by atomic mass is 16.5. The number of nitrogens with zero attached hydrogens (tertiary/aromatic N) is 3. The van der Waals surface area contributed by atoms with Crippen molar-refractivity contribution in [1.82, 2.24) is 14.9 Å². The highest BCUT2D eigenvalue weighted by Crippen LogP contribution is 2.73. The summed E-state index contributed by atoms with van der Waals surface area (Å²) in [5, 5.41) is 20.8. The molecule has 34 heavy (non-hydrogen) atoms. The van der Waals surface area contributed by atoms with Gasteiger partial charge in [0.1, 0.15) is 17.1 Å². The Balaban J connectivity index is 1.27. The van der Waals surface area contributed by atoms with Crippen LogP contribution in [0, 0.1) is 5.41 Å². The first-order valence-electron chi connectivity index (χ1n) is 11.3. The second kappa shape index (κ2) is 7.69. The van der Waals surface area contributed by atoms with Crippen LogP contribution in [0.5, 0.6) is 0 Å². The fourth-order valence-electron chi connectivity index (χ4n) is 5.60. The van der Waals surface area contributed by atoms with Crippen molar-refractivity contribution in [1.29, 1.82) is 0 Å². The van der Waals surface area contributed by atoms with Crippen molar-refractivity contribution >= 4 is 23.5 Å². The summed E-state index contributed by atoms with van der Waals surface area (Å²) in [6.07, 6.45) is 3.53. The summed E-state index contributed by atoms with van der Waals surface area (Å²) in [4.78, 5) is 24.5. The first kappa shape index (κ1) is 22.1. The van der Waals surface area contributed by atoms with Crippen LogP contribution in [0.15, 0.2) is 34.9 Å². The molecule has 3 aliphatic carbocycles. The van der Waals surface area contributed by atoms with Crippen molar-refractivity contribution in [2.75, 3.05) is 17.7 Å². The average molecular weight is 465 g/mol. The summed E-state index contributed by atoms with van der Waals surface area (Å²) < 4.78 is 6.73. The summed E-state index contributed by atoms with van der Waals surface area (Å²) in [5.41, 5.74) is 14.9. The topological polar surface area (TPSA) is 162 Å². The molecule has 1 aromatic carbocycles. The van der Waals surface area contributed by atoms with E-state index in [0.717, 1.165) is 30.5 Å². The van der Waals surface area contributed by atoms with Crippen molar-refractivity contribution in [3.8, 4) is 11.3 Å². The van der Waals surface area contributed by atoms with Crippen LogP contribution in [0.3, 0.4) is 0 Å². The van der Waals surface area contributed by atoms with Gasteiger partial charge in [0.15, 0.2) is 0 Å². The summed E-state index contributed by atoms with van der Waals surface area (Å²) in [7, 11) is 0. The lowest BCUT2D eigenvalue weighted by atomic mass is 9.35. The van der Waals surface area contributed by atoms with Crippen LogP contribution >= 0.6 is 0 Å². The van der Waals surface area contributed by atoms with E-state index in [1.807, 2.05) is 6.07 Å². The maximum absolute atomic E-state index is 12.5. The molecule has 3 aromatic rings. The SMILES string of the molecule is CC(CO)n1nc(-c2ccc(CC(=O)Nc3cc(C45CC(C)(C4)C5)no3)cc2)c(C(N)=O)c1N. The van der Waals surface area contributed by atoms with Gasteiger partial charge in [0.05, 0.1) is 24.8 Å². The number of hydrogen-bond acceptors (Lipinski definition) is 7. The zero-order valence-electron chi connectivity index (χ0n) is 19.2. The molecule has 10 heteroatoms. The Kier molecular flexibility index (Phi) is 5.01. The summed E-state index contributed by atoms with van der Waals surface area (Å²) >= 11 is 0. The van der Waals surface area contributed by atoms with Crippen LogP contribution in [-0.2, 0) is 16.6 Å². The average Bonchev–Trinajstić information content (AvgIpc) is 3.35. The predicted molar refractivity (Wildman–Crippen MR) is 125 cm³/mol. The minimum absolute atomic E-state index is 0.102. The van der Waals surface area contributed by atoms with E-state index in [2.05, 4.69) is 22.5 Å². The van der Waals surface area contributed by atoms with Crippen LogP contribution in [0.25, 0.3) is 11.3 Å². The Bertz CT molecular complexity index is 1260. The number of carbonyl (C=O) groups excluding carboxylic acids is 2. The Labute approximate surface area is 196 Å². The molecule has 2 amide bonds. The van der Waals surface area contributed by atoms with Crippen LogP contribution in [0.4, 0.5) is 11.7 Å². The van der Waals surface area contributed by atoms with E-state index in [1.54, 1.807) is 31.2 Å². The number of nitrogens with two attached hydrogens (primary N) is 2. The second-order valence-electron chi connectivity index (χ2n) is 10.1. The van der Waals surface area contributed by atoms with Gasteiger partial charge < -0.3 is 21.1 Å². The molecule has 0 spiro atoms. The van der Waals surface area contributed by atoms with Gasteiger partial charge in [-0.05, 0) is 37.2 Å². The number of anilines is 2. The molecule has 0 aliphatic heterocycles. The van der Waals surface area contributed by atoms with Crippen molar-refractivity contribution in [2.45, 2.75) is 51.0 Å². The zero-order valence-corrected chi connectivity index (χ0v) is 19.2. The van der Waals surface area contributed by atoms with Gasteiger partial charge in [-0.15, -0.1) is 0 Å². The van der Waals surface area contributed by atoms with E-state index in [0.29, 0.717) is 22.6 Å². The molecule has 2 aromatic heterocycles. The lowest BCUT2D eigenvalue weighted by Crippen LogP contribution is -2.62. The van der Waals surface area contributed by atoms with Crippen molar-refractivity contribution in [3.05, 3.63) is 47.2 Å². The molecule has 178 valence electrons. The maximum atomic E-state index is 12.5. The molecular formula is C24H28N6O4. The molecule has 3 fully saturated rings. The highest BCUT2D eigenvalue weighted by Gasteiger charge is 2.66. The van der Waals surface area contributed by atoms with Gasteiger partial charge in [0.2, 0.25) is 11.8 Å². The van der Waals surface area contributed by atoms with Crippen molar-refractivity contribution in [3.63, 3.8) is 0 Å². The van der Waals surface area contributed by atoms with E-state index in [4.69, 9.17) is 16.0 Å².